The first-order valence-corrected chi connectivity index (χ1v) is 3.78. The van der Waals surface area contributed by atoms with E-state index in [2.05, 4.69) is 9.97 Å². The van der Waals surface area contributed by atoms with Gasteiger partial charge in [-0.05, 0) is 6.07 Å². The highest BCUT2D eigenvalue weighted by molar-refractivity contribution is 5.85. The smallest absolute Gasteiger partial charge is 0.116 e. The van der Waals surface area contributed by atoms with Gasteiger partial charge in [-0.3, -0.25) is 0 Å². The number of halogens is 1. The van der Waals surface area contributed by atoms with Crippen molar-refractivity contribution in [2.24, 2.45) is 0 Å². The number of hydrogen-bond acceptors (Lipinski definition) is 2. The van der Waals surface area contributed by atoms with Crippen LogP contribution in [0.5, 0.6) is 0 Å². The van der Waals surface area contributed by atoms with Crippen molar-refractivity contribution in [2.45, 2.75) is 0 Å². The Balaban J connectivity index is 0.000000845. The Morgan fingerprint density at radius 3 is 2.31 bits per heavy atom. The molecule has 13 heavy (non-hydrogen) atoms. The van der Waals surface area contributed by atoms with E-state index in [1.807, 2.05) is 36.4 Å². The van der Waals surface area contributed by atoms with Crippen LogP contribution in [0.2, 0.25) is 0 Å². The Kier molecular flexibility index (Phi) is 3.41. The Labute approximate surface area is 83.1 Å². The first-order valence-electron chi connectivity index (χ1n) is 3.78. The summed E-state index contributed by atoms with van der Waals surface area (Å²) in [6.45, 7) is 0. The van der Waals surface area contributed by atoms with Gasteiger partial charge in [-0.15, -0.1) is 12.4 Å². The third-order valence-corrected chi connectivity index (χ3v) is 1.65. The minimum absolute atomic E-state index is 0. The van der Waals surface area contributed by atoms with Crippen LogP contribution in [0.15, 0.2) is 48.9 Å². The summed E-state index contributed by atoms with van der Waals surface area (Å²) in [5, 5.41) is 0. The molecule has 0 unspecified atom stereocenters. The zero-order valence-electron chi connectivity index (χ0n) is 6.92. The molecule has 0 aliphatic rings. The van der Waals surface area contributed by atoms with Gasteiger partial charge in [-0.25, -0.2) is 9.97 Å². The molecule has 0 radical (unpaired) electrons. The zero-order valence-corrected chi connectivity index (χ0v) is 7.74. The molecular weight excluding hydrogens is 184 g/mol. The van der Waals surface area contributed by atoms with Crippen molar-refractivity contribution in [3.05, 3.63) is 48.9 Å². The predicted octanol–water partition coefficient (Wildman–Crippen LogP) is 2.57. The molecule has 1 heterocycles. The van der Waals surface area contributed by atoms with E-state index in [1.54, 1.807) is 12.5 Å². The third-order valence-electron chi connectivity index (χ3n) is 1.65. The second kappa shape index (κ2) is 4.58. The maximum absolute atomic E-state index is 4.14. The van der Waals surface area contributed by atoms with Crippen molar-refractivity contribution in [1.82, 2.24) is 9.97 Å². The summed E-state index contributed by atoms with van der Waals surface area (Å²) in [5.74, 6) is 0. The summed E-state index contributed by atoms with van der Waals surface area (Å²) in [4.78, 5) is 8.00. The van der Waals surface area contributed by atoms with Gasteiger partial charge in [0.15, 0.2) is 0 Å². The van der Waals surface area contributed by atoms with Crippen LogP contribution >= 0.6 is 12.4 Å². The second-order valence-electron chi connectivity index (χ2n) is 2.46. The molecule has 0 aliphatic heterocycles. The van der Waals surface area contributed by atoms with Gasteiger partial charge < -0.3 is 0 Å². The molecule has 1 aromatic heterocycles. The topological polar surface area (TPSA) is 25.8 Å². The molecule has 0 bridgehead atoms. The molecule has 1 aromatic carbocycles. The van der Waals surface area contributed by atoms with Gasteiger partial charge in [0.05, 0.1) is 5.69 Å². The SMILES string of the molecule is Cl.c1ccc(-c2ccncn2)cc1. The molecule has 3 heteroatoms. The van der Waals surface area contributed by atoms with Crippen molar-refractivity contribution in [3.63, 3.8) is 0 Å². The lowest BCUT2D eigenvalue weighted by molar-refractivity contribution is 1.17. The van der Waals surface area contributed by atoms with E-state index in [4.69, 9.17) is 0 Å². The first kappa shape index (κ1) is 9.68. The molecule has 2 nitrogen and oxygen atoms in total. The molecule has 0 spiro atoms. The van der Waals surface area contributed by atoms with Gasteiger partial charge in [0.2, 0.25) is 0 Å². The molecule has 0 saturated carbocycles. The predicted molar refractivity (Wildman–Crippen MR) is 54.7 cm³/mol. The number of nitrogens with zero attached hydrogens (tertiary/aromatic N) is 2. The Hall–Kier alpha value is -1.41. The summed E-state index contributed by atoms with van der Waals surface area (Å²) in [7, 11) is 0. The largest absolute Gasteiger partial charge is 0.245 e. The zero-order chi connectivity index (χ0) is 8.23. The fourth-order valence-electron chi connectivity index (χ4n) is 1.07. The van der Waals surface area contributed by atoms with Crippen molar-refractivity contribution in [3.8, 4) is 11.3 Å². The van der Waals surface area contributed by atoms with Crippen molar-refractivity contribution >= 4 is 12.4 Å². The van der Waals surface area contributed by atoms with Gasteiger partial charge in [-0.2, -0.15) is 0 Å². The molecule has 2 rings (SSSR count). The Morgan fingerprint density at radius 1 is 0.923 bits per heavy atom. The Bertz CT molecular complexity index is 310. The summed E-state index contributed by atoms with van der Waals surface area (Å²) in [6.07, 6.45) is 3.30. The van der Waals surface area contributed by atoms with E-state index >= 15 is 0 Å². The number of benzene rings is 1. The minimum atomic E-state index is 0. The van der Waals surface area contributed by atoms with Crippen LogP contribution in [0.3, 0.4) is 0 Å². The number of rotatable bonds is 1. The van der Waals surface area contributed by atoms with E-state index < -0.39 is 0 Å². The van der Waals surface area contributed by atoms with Gasteiger partial charge in [0, 0.05) is 11.8 Å². The van der Waals surface area contributed by atoms with Crippen molar-refractivity contribution in [2.75, 3.05) is 0 Å². The molecule has 0 saturated heterocycles. The highest BCUT2D eigenvalue weighted by Crippen LogP contribution is 2.13. The number of hydrogen-bond donors (Lipinski definition) is 0. The summed E-state index contributed by atoms with van der Waals surface area (Å²) in [5.41, 5.74) is 2.09. The summed E-state index contributed by atoms with van der Waals surface area (Å²) in [6, 6.07) is 11.9. The van der Waals surface area contributed by atoms with Gasteiger partial charge >= 0.3 is 0 Å². The van der Waals surface area contributed by atoms with Crippen LogP contribution in [0.1, 0.15) is 0 Å². The monoisotopic (exact) mass is 192 g/mol. The summed E-state index contributed by atoms with van der Waals surface area (Å²) >= 11 is 0. The molecular formula is C10H9ClN2. The first-order chi connectivity index (χ1) is 5.97. The fourth-order valence-corrected chi connectivity index (χ4v) is 1.07. The molecule has 0 amide bonds. The normalized spacial score (nSPS) is 8.92. The van der Waals surface area contributed by atoms with E-state index in [0.29, 0.717) is 0 Å². The lowest BCUT2D eigenvalue weighted by Crippen LogP contribution is -1.82. The molecule has 0 fully saturated rings. The number of aromatic nitrogens is 2. The van der Waals surface area contributed by atoms with Crippen LogP contribution in [0, 0.1) is 0 Å². The standard InChI is InChI=1S/C10H8N2.ClH/c1-2-4-9(5-3-1)10-6-7-11-8-12-10;/h1-8H;1H. The average Bonchev–Trinajstić information content (AvgIpc) is 2.21. The van der Waals surface area contributed by atoms with E-state index in [0.717, 1.165) is 11.3 Å². The molecule has 0 N–H and O–H groups in total. The quantitative estimate of drug-likeness (QED) is 0.694. The van der Waals surface area contributed by atoms with Crippen molar-refractivity contribution in [1.29, 1.82) is 0 Å². The van der Waals surface area contributed by atoms with E-state index in [-0.39, 0.29) is 12.4 Å². The Morgan fingerprint density at radius 2 is 1.69 bits per heavy atom. The lowest BCUT2D eigenvalue weighted by atomic mass is 10.1. The van der Waals surface area contributed by atoms with Crippen LogP contribution in [0.4, 0.5) is 0 Å². The molecule has 0 atom stereocenters. The second-order valence-corrected chi connectivity index (χ2v) is 2.46. The van der Waals surface area contributed by atoms with Gasteiger partial charge in [0.1, 0.15) is 6.33 Å². The molecule has 2 aromatic rings. The fraction of sp³-hybridized carbons (Fsp3) is 0. The highest BCUT2D eigenvalue weighted by Gasteiger charge is 1.94. The minimum Gasteiger partial charge on any atom is -0.245 e. The highest BCUT2D eigenvalue weighted by atomic mass is 35.5. The molecule has 0 aliphatic carbocycles. The maximum Gasteiger partial charge on any atom is 0.116 e. The van der Waals surface area contributed by atoms with Crippen LogP contribution in [0.25, 0.3) is 11.3 Å². The average molecular weight is 193 g/mol. The van der Waals surface area contributed by atoms with Crippen LogP contribution < -0.4 is 0 Å². The van der Waals surface area contributed by atoms with Crippen LogP contribution in [-0.4, -0.2) is 9.97 Å². The molecule has 66 valence electrons. The van der Waals surface area contributed by atoms with Crippen molar-refractivity contribution < 1.29 is 0 Å². The van der Waals surface area contributed by atoms with E-state index in [9.17, 15) is 0 Å². The van der Waals surface area contributed by atoms with Crippen LogP contribution in [-0.2, 0) is 0 Å². The maximum atomic E-state index is 4.14. The van der Waals surface area contributed by atoms with E-state index in [1.165, 1.54) is 0 Å². The van der Waals surface area contributed by atoms with Gasteiger partial charge in [-0.1, -0.05) is 30.3 Å². The van der Waals surface area contributed by atoms with Gasteiger partial charge in [0.25, 0.3) is 0 Å². The lowest BCUT2D eigenvalue weighted by Gasteiger charge is -1.96. The third kappa shape index (κ3) is 2.26. The summed E-state index contributed by atoms with van der Waals surface area (Å²) < 4.78 is 0.